The molecule has 4 rings (SSSR count). The van der Waals surface area contributed by atoms with Crippen LogP contribution in [0.5, 0.6) is 5.75 Å². The van der Waals surface area contributed by atoms with Gasteiger partial charge in [0.25, 0.3) is 5.91 Å². The van der Waals surface area contributed by atoms with E-state index in [4.69, 9.17) is 27.6 Å². The van der Waals surface area contributed by atoms with Crippen molar-refractivity contribution in [1.82, 2.24) is 5.43 Å². The number of hydrazone groups is 1. The molecule has 0 radical (unpaired) electrons. The van der Waals surface area contributed by atoms with Gasteiger partial charge in [-0.3, -0.25) is 4.79 Å². The Kier molecular flexibility index (Phi) is 5.25. The van der Waals surface area contributed by atoms with Crippen LogP contribution in [0.15, 0.2) is 76.2 Å². The van der Waals surface area contributed by atoms with Gasteiger partial charge in [-0.1, -0.05) is 53.5 Å². The Balaban J connectivity index is 1.49. The molecule has 5 nitrogen and oxygen atoms in total. The molecule has 2 N–H and O–H groups in total. The van der Waals surface area contributed by atoms with Gasteiger partial charge in [0, 0.05) is 16.0 Å². The van der Waals surface area contributed by atoms with Crippen molar-refractivity contribution in [2.24, 2.45) is 5.10 Å². The summed E-state index contributed by atoms with van der Waals surface area (Å²) in [6, 6.07) is 19.1. The molecular weight excluding hydrogens is 411 g/mol. The van der Waals surface area contributed by atoms with Gasteiger partial charge in [0.2, 0.25) is 0 Å². The first-order valence-electron chi connectivity index (χ1n) is 8.62. The van der Waals surface area contributed by atoms with Crippen LogP contribution in [0.4, 0.5) is 0 Å². The van der Waals surface area contributed by atoms with Gasteiger partial charge in [0.05, 0.1) is 16.8 Å². The molecule has 0 bridgehead atoms. The number of hydrogen-bond donors (Lipinski definition) is 2. The maximum atomic E-state index is 12.4. The maximum absolute atomic E-state index is 12.4. The molecule has 0 saturated carbocycles. The summed E-state index contributed by atoms with van der Waals surface area (Å²) in [5.41, 5.74) is 3.22. The standard InChI is InChI=1S/C22H14Cl2N2O3/c23-14-6-9-17(19(24)11-14)20-10-7-15(29-20)12-25-26-22(28)18-8-5-13-3-1-2-4-16(13)21(18)27/h1-12,27H,(H,26,28)/b25-12-. The highest BCUT2D eigenvalue weighted by Crippen LogP contribution is 2.31. The van der Waals surface area contributed by atoms with Gasteiger partial charge in [0.1, 0.15) is 17.3 Å². The highest BCUT2D eigenvalue weighted by atomic mass is 35.5. The lowest BCUT2D eigenvalue weighted by atomic mass is 10.1. The molecule has 1 aromatic heterocycles. The number of amides is 1. The number of phenols is 1. The summed E-state index contributed by atoms with van der Waals surface area (Å²) in [6.45, 7) is 0. The van der Waals surface area contributed by atoms with Crippen LogP contribution in [0.1, 0.15) is 16.1 Å². The van der Waals surface area contributed by atoms with E-state index in [2.05, 4.69) is 10.5 Å². The number of nitrogens with zero attached hydrogens (tertiary/aromatic N) is 1. The van der Waals surface area contributed by atoms with Crippen LogP contribution < -0.4 is 5.43 Å². The Morgan fingerprint density at radius 1 is 1.03 bits per heavy atom. The zero-order valence-corrected chi connectivity index (χ0v) is 16.4. The van der Waals surface area contributed by atoms with Crippen molar-refractivity contribution >= 4 is 46.1 Å². The van der Waals surface area contributed by atoms with Crippen molar-refractivity contribution in [1.29, 1.82) is 0 Å². The molecule has 0 atom stereocenters. The van der Waals surface area contributed by atoms with Gasteiger partial charge in [-0.2, -0.15) is 5.10 Å². The molecule has 0 unspecified atom stereocenters. The van der Waals surface area contributed by atoms with Gasteiger partial charge in [0.15, 0.2) is 0 Å². The van der Waals surface area contributed by atoms with Gasteiger partial charge >= 0.3 is 0 Å². The smallest absolute Gasteiger partial charge is 0.275 e. The number of aromatic hydroxyl groups is 1. The molecule has 0 fully saturated rings. The first-order valence-corrected chi connectivity index (χ1v) is 9.38. The molecule has 144 valence electrons. The van der Waals surface area contributed by atoms with E-state index in [0.29, 0.717) is 32.5 Å². The quantitative estimate of drug-likeness (QED) is 0.317. The van der Waals surface area contributed by atoms with Crippen LogP contribution in [0, 0.1) is 0 Å². The van der Waals surface area contributed by atoms with Crippen molar-refractivity contribution < 1.29 is 14.3 Å². The molecule has 7 heteroatoms. The second-order valence-electron chi connectivity index (χ2n) is 6.21. The lowest BCUT2D eigenvalue weighted by Crippen LogP contribution is -2.17. The van der Waals surface area contributed by atoms with Crippen molar-refractivity contribution in [3.05, 3.63) is 88.1 Å². The first-order chi connectivity index (χ1) is 14.0. The molecule has 0 aliphatic heterocycles. The number of fused-ring (bicyclic) bond motifs is 1. The van der Waals surface area contributed by atoms with Crippen molar-refractivity contribution in [2.45, 2.75) is 0 Å². The minimum atomic E-state index is -0.531. The molecule has 1 heterocycles. The Morgan fingerprint density at radius 3 is 2.69 bits per heavy atom. The van der Waals surface area contributed by atoms with E-state index >= 15 is 0 Å². The molecule has 29 heavy (non-hydrogen) atoms. The molecule has 4 aromatic rings. The molecule has 0 aliphatic rings. The van der Waals surface area contributed by atoms with Crippen molar-refractivity contribution in [3.63, 3.8) is 0 Å². The van der Waals surface area contributed by atoms with Crippen LogP contribution >= 0.6 is 23.2 Å². The molecule has 0 saturated heterocycles. The minimum Gasteiger partial charge on any atom is -0.506 e. The predicted octanol–water partition coefficient (Wildman–Crippen LogP) is 5.88. The van der Waals surface area contributed by atoms with Crippen molar-refractivity contribution in [2.75, 3.05) is 0 Å². The third kappa shape index (κ3) is 3.97. The largest absolute Gasteiger partial charge is 0.506 e. The number of hydrogen-bond acceptors (Lipinski definition) is 4. The van der Waals surface area contributed by atoms with Crippen LogP contribution in [0.3, 0.4) is 0 Å². The summed E-state index contributed by atoms with van der Waals surface area (Å²) in [5, 5.41) is 16.7. The van der Waals surface area contributed by atoms with Crippen LogP contribution in [0.2, 0.25) is 10.0 Å². The number of carbonyl (C=O) groups excluding carboxylic acids is 1. The molecule has 1 amide bonds. The third-order valence-corrected chi connectivity index (χ3v) is 4.87. The molecule has 0 aliphatic carbocycles. The second kappa shape index (κ2) is 7.99. The average molecular weight is 425 g/mol. The Hall–Kier alpha value is -3.28. The number of phenolic OH excluding ortho intramolecular Hbond substituents is 1. The number of rotatable bonds is 4. The number of carbonyl (C=O) groups is 1. The monoisotopic (exact) mass is 424 g/mol. The van der Waals surface area contributed by atoms with E-state index in [0.717, 1.165) is 5.39 Å². The Bertz CT molecular complexity index is 1250. The second-order valence-corrected chi connectivity index (χ2v) is 7.05. The summed E-state index contributed by atoms with van der Waals surface area (Å²) in [5.74, 6) is 0.353. The third-order valence-electron chi connectivity index (χ3n) is 4.33. The van der Waals surface area contributed by atoms with E-state index < -0.39 is 5.91 Å². The van der Waals surface area contributed by atoms with Gasteiger partial charge in [-0.15, -0.1) is 0 Å². The zero-order chi connectivity index (χ0) is 20.4. The van der Waals surface area contributed by atoms with Gasteiger partial charge < -0.3 is 9.52 Å². The Morgan fingerprint density at radius 2 is 1.86 bits per heavy atom. The fourth-order valence-electron chi connectivity index (χ4n) is 2.91. The average Bonchev–Trinajstić information content (AvgIpc) is 3.17. The van der Waals surface area contributed by atoms with E-state index in [-0.39, 0.29) is 11.3 Å². The Labute approximate surface area is 176 Å². The summed E-state index contributed by atoms with van der Waals surface area (Å²) in [7, 11) is 0. The molecular formula is C22H14Cl2N2O3. The highest BCUT2D eigenvalue weighted by Gasteiger charge is 2.13. The van der Waals surface area contributed by atoms with Crippen molar-refractivity contribution in [3.8, 4) is 17.1 Å². The molecule has 0 spiro atoms. The van der Waals surface area contributed by atoms with E-state index in [1.807, 2.05) is 12.1 Å². The lowest BCUT2D eigenvalue weighted by molar-refractivity contribution is 0.0952. The van der Waals surface area contributed by atoms with E-state index in [1.165, 1.54) is 6.21 Å². The van der Waals surface area contributed by atoms with E-state index in [9.17, 15) is 9.90 Å². The maximum Gasteiger partial charge on any atom is 0.275 e. The van der Waals surface area contributed by atoms with Gasteiger partial charge in [-0.05, 0) is 41.8 Å². The number of benzene rings is 3. The van der Waals surface area contributed by atoms with E-state index in [1.54, 1.807) is 54.6 Å². The number of nitrogens with one attached hydrogen (secondary N) is 1. The van der Waals surface area contributed by atoms with Crippen LogP contribution in [0.25, 0.3) is 22.1 Å². The SMILES string of the molecule is O=C(N/N=C\c1ccc(-c2ccc(Cl)cc2Cl)o1)c1ccc2ccccc2c1O. The summed E-state index contributed by atoms with van der Waals surface area (Å²) < 4.78 is 5.68. The number of halogens is 2. The fraction of sp³-hybridized carbons (Fsp3) is 0. The topological polar surface area (TPSA) is 74.8 Å². The highest BCUT2D eigenvalue weighted by molar-refractivity contribution is 6.36. The molecule has 3 aromatic carbocycles. The van der Waals surface area contributed by atoms with Crippen LogP contribution in [-0.2, 0) is 0 Å². The zero-order valence-electron chi connectivity index (χ0n) is 14.9. The summed E-state index contributed by atoms with van der Waals surface area (Å²) >= 11 is 12.1. The summed E-state index contributed by atoms with van der Waals surface area (Å²) in [6.07, 6.45) is 1.36. The fourth-order valence-corrected chi connectivity index (χ4v) is 3.41. The summed E-state index contributed by atoms with van der Waals surface area (Å²) in [4.78, 5) is 12.4. The number of furan rings is 1. The van der Waals surface area contributed by atoms with Crippen LogP contribution in [-0.4, -0.2) is 17.2 Å². The predicted molar refractivity (Wildman–Crippen MR) is 115 cm³/mol. The lowest BCUT2D eigenvalue weighted by Gasteiger charge is -2.06. The first kappa shape index (κ1) is 19.1. The minimum absolute atomic E-state index is 0.0894. The normalized spacial score (nSPS) is 11.2. The van der Waals surface area contributed by atoms with Gasteiger partial charge in [-0.25, -0.2) is 5.43 Å².